The molecular weight excluding hydrogens is 437 g/mol. The van der Waals surface area contributed by atoms with E-state index in [-0.39, 0.29) is 5.82 Å². The van der Waals surface area contributed by atoms with Crippen molar-refractivity contribution in [3.05, 3.63) is 64.9 Å². The summed E-state index contributed by atoms with van der Waals surface area (Å²) in [4.78, 5) is 4.32. The van der Waals surface area contributed by atoms with E-state index >= 15 is 0 Å². The van der Waals surface area contributed by atoms with E-state index in [0.29, 0.717) is 52.2 Å². The third kappa shape index (κ3) is 4.18. The minimum absolute atomic E-state index is 0.220. The van der Waals surface area contributed by atoms with Gasteiger partial charge in [-0.15, -0.1) is 5.10 Å². The van der Waals surface area contributed by atoms with Gasteiger partial charge in [0.05, 0.1) is 29.9 Å². The molecule has 0 spiro atoms. The lowest BCUT2D eigenvalue weighted by Gasteiger charge is -2.22. The molecule has 4 N–H and O–H groups in total. The van der Waals surface area contributed by atoms with Crippen molar-refractivity contribution >= 4 is 11.5 Å². The van der Waals surface area contributed by atoms with Crippen LogP contribution in [0.1, 0.15) is 42.7 Å². The summed E-state index contributed by atoms with van der Waals surface area (Å²) in [6.07, 6.45) is 3.73. The van der Waals surface area contributed by atoms with Crippen molar-refractivity contribution in [1.29, 1.82) is 5.53 Å². The van der Waals surface area contributed by atoms with Gasteiger partial charge >= 0.3 is 0 Å². The van der Waals surface area contributed by atoms with Gasteiger partial charge in [0, 0.05) is 36.4 Å². The van der Waals surface area contributed by atoms with Gasteiger partial charge < -0.3 is 20.5 Å². The number of nitrogen functional groups attached to an aromatic ring is 1. The SMILES string of the molecule is COc1cc2n(n1)-c1ccc(F)cc1[C@@H](C)Oc1cc(cnc1N)/C(NCC1CC1)=C(/N=N)C2. The van der Waals surface area contributed by atoms with Gasteiger partial charge in [0.15, 0.2) is 11.6 Å². The number of anilines is 1. The molecular formula is C24H26FN7O2. The first-order valence-corrected chi connectivity index (χ1v) is 11.2. The van der Waals surface area contributed by atoms with Crippen LogP contribution in [0.4, 0.5) is 10.2 Å². The molecule has 1 aliphatic heterocycles. The van der Waals surface area contributed by atoms with Gasteiger partial charge in [-0.05, 0) is 49.9 Å². The van der Waals surface area contributed by atoms with Crippen molar-refractivity contribution in [3.63, 3.8) is 0 Å². The van der Waals surface area contributed by atoms with E-state index < -0.39 is 11.9 Å². The predicted molar refractivity (Wildman–Crippen MR) is 124 cm³/mol. The topological polar surface area (TPSA) is 123 Å². The molecule has 3 aromatic rings. The van der Waals surface area contributed by atoms with E-state index in [2.05, 4.69) is 20.5 Å². The molecule has 3 heterocycles. The third-order valence-electron chi connectivity index (χ3n) is 6.14. The zero-order valence-corrected chi connectivity index (χ0v) is 19.0. The largest absolute Gasteiger partial charge is 0.482 e. The Morgan fingerprint density at radius 2 is 2.15 bits per heavy atom. The Balaban J connectivity index is 1.74. The van der Waals surface area contributed by atoms with Crippen LogP contribution in [-0.4, -0.2) is 28.4 Å². The average molecular weight is 464 g/mol. The number of benzene rings is 1. The van der Waals surface area contributed by atoms with Gasteiger partial charge in [-0.25, -0.2) is 19.6 Å². The highest BCUT2D eigenvalue weighted by Crippen LogP contribution is 2.35. The standard InChI is InChI=1S/C24H26FN7O2/c1-13-18-8-16(25)5-6-20(18)32-17(10-22(31-32)33-2)9-19(30-27)23(28-11-14-3-4-14)15-7-21(34-13)24(26)29-12-15/h5-8,10,12-14,27-28H,3-4,9,11H2,1-2H3,(H2,26,29)/b23-19-,30-27?/t13-/m1/s1. The molecule has 1 saturated carbocycles. The summed E-state index contributed by atoms with van der Waals surface area (Å²) in [5, 5.41) is 11.9. The van der Waals surface area contributed by atoms with Gasteiger partial charge in [0.1, 0.15) is 11.9 Å². The molecule has 2 aliphatic rings. The fourth-order valence-electron chi connectivity index (χ4n) is 4.11. The van der Waals surface area contributed by atoms with Crippen LogP contribution in [0.25, 0.3) is 11.4 Å². The van der Waals surface area contributed by atoms with Gasteiger partial charge in [-0.3, -0.25) is 0 Å². The molecule has 5 rings (SSSR count). The Kier molecular flexibility index (Phi) is 5.64. The highest BCUT2D eigenvalue weighted by Gasteiger charge is 2.25. The van der Waals surface area contributed by atoms with Gasteiger partial charge in [-0.2, -0.15) is 5.11 Å². The number of aromatic nitrogens is 3. The first kappa shape index (κ1) is 21.9. The molecule has 0 amide bonds. The summed E-state index contributed by atoms with van der Waals surface area (Å²) in [7, 11) is 1.54. The number of hydrogen-bond acceptors (Lipinski definition) is 8. The molecule has 9 nitrogen and oxygen atoms in total. The minimum Gasteiger partial charge on any atom is -0.482 e. The van der Waals surface area contributed by atoms with E-state index in [1.165, 1.54) is 32.1 Å². The summed E-state index contributed by atoms with van der Waals surface area (Å²) in [6.45, 7) is 2.60. The zero-order chi connectivity index (χ0) is 23.8. The molecule has 1 fully saturated rings. The fourth-order valence-corrected chi connectivity index (χ4v) is 4.11. The van der Waals surface area contributed by atoms with E-state index in [9.17, 15) is 4.39 Å². The maximum absolute atomic E-state index is 14.3. The number of nitrogens with zero attached hydrogens (tertiary/aromatic N) is 4. The Labute approximate surface area is 196 Å². The van der Waals surface area contributed by atoms with Gasteiger partial charge in [0.25, 0.3) is 0 Å². The summed E-state index contributed by atoms with van der Waals surface area (Å²) in [5.41, 5.74) is 17.9. The number of ether oxygens (including phenoxy) is 2. The molecule has 34 heavy (non-hydrogen) atoms. The van der Waals surface area contributed by atoms with Crippen molar-refractivity contribution in [1.82, 2.24) is 20.1 Å². The number of nitrogens with one attached hydrogen (secondary N) is 2. The van der Waals surface area contributed by atoms with Gasteiger partial charge in [0.2, 0.25) is 5.88 Å². The molecule has 0 saturated heterocycles. The monoisotopic (exact) mass is 463 g/mol. The van der Waals surface area contributed by atoms with Crippen LogP contribution in [0.3, 0.4) is 0 Å². The Morgan fingerprint density at radius 3 is 2.88 bits per heavy atom. The number of nitrogens with two attached hydrogens (primary N) is 1. The molecule has 2 bridgehead atoms. The van der Waals surface area contributed by atoms with Crippen LogP contribution >= 0.6 is 0 Å². The van der Waals surface area contributed by atoms with E-state index in [0.717, 1.165) is 12.2 Å². The van der Waals surface area contributed by atoms with E-state index in [1.807, 2.05) is 6.92 Å². The Bertz CT molecular complexity index is 1280. The molecule has 1 aromatic carbocycles. The highest BCUT2D eigenvalue weighted by molar-refractivity contribution is 5.70. The molecule has 0 radical (unpaired) electrons. The summed E-state index contributed by atoms with van der Waals surface area (Å²) < 4.78 is 27.6. The molecule has 0 unspecified atom stereocenters. The summed E-state index contributed by atoms with van der Waals surface area (Å²) in [6, 6.07) is 8.03. The highest BCUT2D eigenvalue weighted by atomic mass is 19.1. The average Bonchev–Trinajstić information content (AvgIpc) is 3.57. The van der Waals surface area contributed by atoms with Crippen LogP contribution < -0.4 is 20.5 Å². The number of rotatable bonds is 5. The number of fused-ring (bicyclic) bond motifs is 5. The summed E-state index contributed by atoms with van der Waals surface area (Å²) >= 11 is 0. The minimum atomic E-state index is -0.556. The second-order valence-corrected chi connectivity index (χ2v) is 8.59. The van der Waals surface area contributed by atoms with Crippen LogP contribution in [-0.2, 0) is 6.42 Å². The van der Waals surface area contributed by atoms with Crippen LogP contribution in [0.15, 0.2) is 47.3 Å². The first-order chi connectivity index (χ1) is 16.5. The lowest BCUT2D eigenvalue weighted by Crippen LogP contribution is -2.19. The second-order valence-electron chi connectivity index (χ2n) is 8.59. The normalized spacial score (nSPS) is 19.7. The maximum atomic E-state index is 14.3. The number of methoxy groups -OCH3 is 1. The predicted octanol–water partition coefficient (Wildman–Crippen LogP) is 4.39. The van der Waals surface area contributed by atoms with Crippen LogP contribution in [0, 0.1) is 17.3 Å². The van der Waals surface area contributed by atoms with Crippen molar-refractivity contribution < 1.29 is 13.9 Å². The molecule has 1 aliphatic carbocycles. The smallest absolute Gasteiger partial charge is 0.233 e. The maximum Gasteiger partial charge on any atom is 0.233 e. The van der Waals surface area contributed by atoms with Crippen molar-refractivity contribution in [2.75, 3.05) is 19.4 Å². The molecule has 2 aromatic heterocycles. The molecule has 1 atom stereocenters. The second kappa shape index (κ2) is 8.77. The Hall–Kier alpha value is -3.95. The number of hydrogen-bond donors (Lipinski definition) is 3. The lowest BCUT2D eigenvalue weighted by molar-refractivity contribution is 0.226. The van der Waals surface area contributed by atoms with E-state index in [1.54, 1.807) is 29.1 Å². The number of allylic oxidation sites excluding steroid dienone is 1. The van der Waals surface area contributed by atoms with Gasteiger partial charge in [-0.1, -0.05) is 0 Å². The Morgan fingerprint density at radius 1 is 1.32 bits per heavy atom. The molecule has 10 heteroatoms. The number of pyridine rings is 1. The quantitative estimate of drug-likeness (QED) is 0.482. The van der Waals surface area contributed by atoms with E-state index in [4.69, 9.17) is 20.7 Å². The lowest BCUT2D eigenvalue weighted by atomic mass is 10.1. The number of halogens is 1. The first-order valence-electron chi connectivity index (χ1n) is 11.2. The van der Waals surface area contributed by atoms with Crippen molar-refractivity contribution in [2.24, 2.45) is 11.0 Å². The summed E-state index contributed by atoms with van der Waals surface area (Å²) in [5.74, 6) is 1.20. The van der Waals surface area contributed by atoms with Crippen molar-refractivity contribution in [3.8, 4) is 17.3 Å². The fraction of sp³-hybridized carbons (Fsp3) is 0.333. The van der Waals surface area contributed by atoms with Crippen LogP contribution in [0.5, 0.6) is 11.6 Å². The van der Waals surface area contributed by atoms with Crippen molar-refractivity contribution in [2.45, 2.75) is 32.3 Å². The zero-order valence-electron chi connectivity index (χ0n) is 19.0. The van der Waals surface area contributed by atoms with Crippen LogP contribution in [0.2, 0.25) is 0 Å². The third-order valence-corrected chi connectivity index (χ3v) is 6.14. The molecule has 176 valence electrons.